The molecule has 1 aliphatic heterocycles. The van der Waals surface area contributed by atoms with Gasteiger partial charge in [0.2, 0.25) is 5.90 Å². The van der Waals surface area contributed by atoms with Crippen LogP contribution in [0.1, 0.15) is 17.3 Å². The monoisotopic (exact) mass is 304 g/mol. The van der Waals surface area contributed by atoms with Gasteiger partial charge in [-0.1, -0.05) is 48.5 Å². The quantitative estimate of drug-likeness (QED) is 0.740. The minimum absolute atomic E-state index is 0.0290. The predicted octanol–water partition coefficient (Wildman–Crippen LogP) is 3.76. The summed E-state index contributed by atoms with van der Waals surface area (Å²) in [6.07, 6.45) is 0. The van der Waals surface area contributed by atoms with E-state index in [0.29, 0.717) is 12.5 Å². The number of rotatable bonds is 3. The lowest BCUT2D eigenvalue weighted by molar-refractivity contribution is 0.319. The third-order valence-electron chi connectivity index (χ3n) is 3.96. The van der Waals surface area contributed by atoms with Crippen molar-refractivity contribution >= 4 is 16.8 Å². The summed E-state index contributed by atoms with van der Waals surface area (Å²) < 4.78 is 11.2. The number of hydrogen-bond donors (Lipinski definition) is 0. The molecule has 0 radical (unpaired) electrons. The molecule has 0 N–H and O–H groups in total. The van der Waals surface area contributed by atoms with Crippen LogP contribution in [0.5, 0.6) is 5.75 Å². The first-order valence-corrected chi connectivity index (χ1v) is 7.55. The fourth-order valence-corrected chi connectivity index (χ4v) is 2.76. The van der Waals surface area contributed by atoms with Crippen LogP contribution in [0.2, 0.25) is 0 Å². The number of pyridine rings is 1. The number of ether oxygens (including phenoxy) is 2. The van der Waals surface area contributed by atoms with Gasteiger partial charge in [-0.3, -0.25) is 0 Å². The molecule has 4 heteroatoms. The van der Waals surface area contributed by atoms with Crippen molar-refractivity contribution in [3.8, 4) is 5.75 Å². The Morgan fingerprint density at radius 1 is 1.00 bits per heavy atom. The number of methoxy groups -OCH3 is 1. The molecule has 114 valence electrons. The van der Waals surface area contributed by atoms with Gasteiger partial charge in [-0.25, -0.2) is 9.98 Å². The van der Waals surface area contributed by atoms with E-state index >= 15 is 0 Å². The van der Waals surface area contributed by atoms with Gasteiger partial charge >= 0.3 is 0 Å². The lowest BCUT2D eigenvalue weighted by Crippen LogP contribution is -2.04. The number of fused-ring (bicyclic) bond motifs is 1. The van der Waals surface area contributed by atoms with E-state index in [1.54, 1.807) is 7.11 Å². The van der Waals surface area contributed by atoms with Crippen LogP contribution in [0, 0.1) is 0 Å². The summed E-state index contributed by atoms with van der Waals surface area (Å²) in [5.74, 6) is 1.34. The molecule has 1 aliphatic rings. The predicted molar refractivity (Wildman–Crippen MR) is 90.0 cm³/mol. The number of nitrogens with zero attached hydrogens (tertiary/aromatic N) is 2. The highest BCUT2D eigenvalue weighted by Gasteiger charge is 2.22. The van der Waals surface area contributed by atoms with Crippen molar-refractivity contribution in [2.45, 2.75) is 6.04 Å². The minimum atomic E-state index is 0.0290. The van der Waals surface area contributed by atoms with E-state index in [-0.39, 0.29) is 6.04 Å². The molecule has 23 heavy (non-hydrogen) atoms. The van der Waals surface area contributed by atoms with Gasteiger partial charge in [-0.15, -0.1) is 0 Å². The molecule has 0 unspecified atom stereocenters. The molecule has 4 rings (SSSR count). The van der Waals surface area contributed by atoms with Crippen LogP contribution in [-0.4, -0.2) is 24.6 Å². The Labute approximate surface area is 134 Å². The van der Waals surface area contributed by atoms with Crippen LogP contribution in [0.3, 0.4) is 0 Å². The summed E-state index contributed by atoms with van der Waals surface area (Å²) in [5.41, 5.74) is 2.71. The Morgan fingerprint density at radius 2 is 1.87 bits per heavy atom. The molecule has 0 spiro atoms. The van der Waals surface area contributed by atoms with Gasteiger partial charge in [0.05, 0.1) is 7.11 Å². The first kappa shape index (κ1) is 13.8. The summed E-state index contributed by atoms with van der Waals surface area (Å²) in [6, 6.07) is 20.0. The van der Waals surface area contributed by atoms with Gasteiger partial charge in [0, 0.05) is 5.39 Å². The van der Waals surface area contributed by atoms with Crippen LogP contribution in [0.25, 0.3) is 10.9 Å². The maximum Gasteiger partial charge on any atom is 0.236 e. The zero-order valence-corrected chi connectivity index (χ0v) is 12.8. The van der Waals surface area contributed by atoms with Gasteiger partial charge in [0.25, 0.3) is 0 Å². The molecule has 0 aliphatic carbocycles. The van der Waals surface area contributed by atoms with Gasteiger partial charge in [0.15, 0.2) is 0 Å². The minimum Gasteiger partial charge on any atom is -0.494 e. The van der Waals surface area contributed by atoms with E-state index in [9.17, 15) is 0 Å². The van der Waals surface area contributed by atoms with Gasteiger partial charge < -0.3 is 9.47 Å². The van der Waals surface area contributed by atoms with Crippen LogP contribution in [0.4, 0.5) is 0 Å². The standard InChI is InChI=1S/C19H16N2O2/c1-22-17-9-5-8-14-10-11-15(20-18(14)17)19-21-16(12-23-19)13-6-3-2-4-7-13/h2-11,16H,12H2,1H3/t16-/m0/s1. The zero-order valence-electron chi connectivity index (χ0n) is 12.8. The molecule has 4 nitrogen and oxygen atoms in total. The second-order valence-corrected chi connectivity index (χ2v) is 5.40. The van der Waals surface area contributed by atoms with Crippen LogP contribution in [-0.2, 0) is 4.74 Å². The maximum atomic E-state index is 5.78. The average Bonchev–Trinajstić information content (AvgIpc) is 3.11. The summed E-state index contributed by atoms with van der Waals surface area (Å²) in [6.45, 7) is 0.547. The smallest absolute Gasteiger partial charge is 0.236 e. The second-order valence-electron chi connectivity index (χ2n) is 5.40. The van der Waals surface area contributed by atoms with E-state index in [0.717, 1.165) is 27.9 Å². The third-order valence-corrected chi connectivity index (χ3v) is 3.96. The molecule has 0 amide bonds. The maximum absolute atomic E-state index is 5.78. The van der Waals surface area contributed by atoms with Crippen molar-refractivity contribution < 1.29 is 9.47 Å². The van der Waals surface area contributed by atoms with E-state index < -0.39 is 0 Å². The largest absolute Gasteiger partial charge is 0.494 e. The fourth-order valence-electron chi connectivity index (χ4n) is 2.76. The van der Waals surface area contributed by atoms with E-state index in [4.69, 9.17) is 9.47 Å². The SMILES string of the molecule is COc1cccc2ccc(C3=N[C@H](c4ccccc4)CO3)nc12. The van der Waals surface area contributed by atoms with Crippen LogP contribution in [0.15, 0.2) is 65.7 Å². The lowest BCUT2D eigenvalue weighted by Gasteiger charge is -2.06. The molecule has 1 aromatic heterocycles. The summed E-state index contributed by atoms with van der Waals surface area (Å²) in [7, 11) is 1.65. The number of para-hydroxylation sites is 1. The highest BCUT2D eigenvalue weighted by atomic mass is 16.5. The molecular weight excluding hydrogens is 288 g/mol. The fraction of sp³-hybridized carbons (Fsp3) is 0.158. The Morgan fingerprint density at radius 3 is 2.70 bits per heavy atom. The van der Waals surface area contributed by atoms with E-state index in [1.165, 1.54) is 0 Å². The molecule has 0 saturated heterocycles. The van der Waals surface area contributed by atoms with Crippen molar-refractivity contribution in [1.82, 2.24) is 4.98 Å². The number of aromatic nitrogens is 1. The normalized spacial score (nSPS) is 16.9. The van der Waals surface area contributed by atoms with Crippen molar-refractivity contribution in [3.63, 3.8) is 0 Å². The summed E-state index contributed by atoms with van der Waals surface area (Å²) >= 11 is 0. The Hall–Kier alpha value is -2.88. The van der Waals surface area contributed by atoms with Crippen molar-refractivity contribution in [2.24, 2.45) is 4.99 Å². The van der Waals surface area contributed by atoms with Gasteiger partial charge in [-0.05, 0) is 17.7 Å². The molecule has 2 heterocycles. The molecule has 2 aromatic carbocycles. The number of aliphatic imine (C=N–C) groups is 1. The second kappa shape index (κ2) is 5.72. The van der Waals surface area contributed by atoms with Gasteiger partial charge in [0.1, 0.15) is 29.6 Å². The summed E-state index contributed by atoms with van der Waals surface area (Å²) in [5, 5.41) is 1.03. The number of hydrogen-bond acceptors (Lipinski definition) is 4. The highest BCUT2D eigenvalue weighted by Crippen LogP contribution is 2.27. The van der Waals surface area contributed by atoms with Gasteiger partial charge in [-0.2, -0.15) is 0 Å². The first-order valence-electron chi connectivity index (χ1n) is 7.55. The van der Waals surface area contributed by atoms with E-state index in [2.05, 4.69) is 22.1 Å². The number of benzene rings is 2. The molecule has 0 bridgehead atoms. The zero-order chi connectivity index (χ0) is 15.6. The van der Waals surface area contributed by atoms with Crippen molar-refractivity contribution in [3.05, 3.63) is 71.9 Å². The molecule has 0 saturated carbocycles. The highest BCUT2D eigenvalue weighted by molar-refractivity contribution is 5.96. The Balaban J connectivity index is 1.72. The average molecular weight is 304 g/mol. The lowest BCUT2D eigenvalue weighted by atomic mass is 10.1. The molecule has 3 aromatic rings. The molecular formula is C19H16N2O2. The van der Waals surface area contributed by atoms with Crippen molar-refractivity contribution in [2.75, 3.05) is 13.7 Å². The van der Waals surface area contributed by atoms with Crippen LogP contribution >= 0.6 is 0 Å². The van der Waals surface area contributed by atoms with Crippen LogP contribution < -0.4 is 4.74 Å². The van der Waals surface area contributed by atoms with Crippen molar-refractivity contribution in [1.29, 1.82) is 0 Å². The molecule has 1 atom stereocenters. The molecule has 0 fully saturated rings. The Bertz CT molecular complexity index is 875. The topological polar surface area (TPSA) is 43.7 Å². The first-order chi connectivity index (χ1) is 11.3. The van der Waals surface area contributed by atoms with E-state index in [1.807, 2.05) is 48.5 Å². The third kappa shape index (κ3) is 2.52. The Kier molecular flexibility index (Phi) is 3.42. The summed E-state index contributed by atoms with van der Waals surface area (Å²) in [4.78, 5) is 9.36.